The molecule has 1 aliphatic heterocycles. The molecule has 8 heteroatoms. The van der Waals surface area contributed by atoms with E-state index in [0.29, 0.717) is 38.3 Å². The normalized spacial score (nSPS) is 13.6. The maximum Gasteiger partial charge on any atom is 0.254 e. The minimum atomic E-state index is -0.0991. The molecule has 1 aliphatic rings. The van der Waals surface area contributed by atoms with Gasteiger partial charge < -0.3 is 19.6 Å². The number of likely N-dealkylation sites (N-methyl/N-ethyl adjacent to an activating group) is 1. The molecule has 200 valence electrons. The largest absolute Gasteiger partial charge is 0.352 e. The Labute approximate surface area is 225 Å². The SMILES string of the molecule is CCN(CC)CCN(CC(=O)N1CCN(c2ccc(-c3ccccc3)nn2)CC1)C(=O)c1ccc(C)cc1. The van der Waals surface area contributed by atoms with E-state index in [1.165, 1.54) is 0 Å². The van der Waals surface area contributed by atoms with E-state index in [2.05, 4.69) is 33.8 Å². The van der Waals surface area contributed by atoms with Crippen LogP contribution >= 0.6 is 0 Å². The molecule has 2 aromatic carbocycles. The predicted octanol–water partition coefficient (Wildman–Crippen LogP) is 3.58. The number of piperazine rings is 1. The first-order valence-electron chi connectivity index (χ1n) is 13.5. The summed E-state index contributed by atoms with van der Waals surface area (Å²) < 4.78 is 0. The molecule has 1 aromatic heterocycles. The van der Waals surface area contributed by atoms with Crippen LogP contribution in [0.4, 0.5) is 5.82 Å². The Balaban J connectivity index is 1.36. The average Bonchev–Trinajstić information content (AvgIpc) is 2.97. The van der Waals surface area contributed by atoms with E-state index in [9.17, 15) is 9.59 Å². The molecule has 2 amide bonds. The van der Waals surface area contributed by atoms with E-state index in [4.69, 9.17) is 0 Å². The monoisotopic (exact) mass is 514 g/mol. The molecule has 1 saturated heterocycles. The summed E-state index contributed by atoms with van der Waals surface area (Å²) in [5.41, 5.74) is 3.59. The van der Waals surface area contributed by atoms with Gasteiger partial charge in [0.15, 0.2) is 5.82 Å². The van der Waals surface area contributed by atoms with Crippen molar-refractivity contribution in [3.8, 4) is 11.3 Å². The lowest BCUT2D eigenvalue weighted by Gasteiger charge is -2.36. The Kier molecular flexibility index (Phi) is 9.43. The molecule has 2 heterocycles. The first kappa shape index (κ1) is 27.3. The number of amides is 2. The highest BCUT2D eigenvalue weighted by Crippen LogP contribution is 2.19. The van der Waals surface area contributed by atoms with Crippen LogP contribution in [-0.2, 0) is 4.79 Å². The Hall–Kier alpha value is -3.78. The van der Waals surface area contributed by atoms with Gasteiger partial charge in [0.25, 0.3) is 5.91 Å². The zero-order chi connectivity index (χ0) is 26.9. The third-order valence-electron chi connectivity index (χ3n) is 7.17. The second kappa shape index (κ2) is 13.1. The van der Waals surface area contributed by atoms with Gasteiger partial charge in [-0.15, -0.1) is 10.2 Å². The Bertz CT molecular complexity index is 1170. The van der Waals surface area contributed by atoms with Crippen LogP contribution in [0.15, 0.2) is 66.7 Å². The molecule has 0 saturated carbocycles. The van der Waals surface area contributed by atoms with Crippen LogP contribution in [0, 0.1) is 6.92 Å². The lowest BCUT2D eigenvalue weighted by atomic mass is 10.1. The Morgan fingerprint density at radius 1 is 0.816 bits per heavy atom. The van der Waals surface area contributed by atoms with Crippen molar-refractivity contribution < 1.29 is 9.59 Å². The minimum Gasteiger partial charge on any atom is -0.352 e. The molecular formula is C30H38N6O2. The van der Waals surface area contributed by atoms with Crippen molar-refractivity contribution in [1.82, 2.24) is 24.9 Å². The summed E-state index contributed by atoms with van der Waals surface area (Å²) in [6, 6.07) is 21.5. The Morgan fingerprint density at radius 3 is 2.11 bits per heavy atom. The van der Waals surface area contributed by atoms with Crippen molar-refractivity contribution >= 4 is 17.6 Å². The zero-order valence-corrected chi connectivity index (χ0v) is 22.7. The third kappa shape index (κ3) is 6.95. The van der Waals surface area contributed by atoms with Crippen LogP contribution in [-0.4, -0.2) is 95.6 Å². The summed E-state index contributed by atoms with van der Waals surface area (Å²) in [6.45, 7) is 11.9. The van der Waals surface area contributed by atoms with E-state index >= 15 is 0 Å². The van der Waals surface area contributed by atoms with Gasteiger partial charge in [-0.3, -0.25) is 9.59 Å². The van der Waals surface area contributed by atoms with Gasteiger partial charge in [0.1, 0.15) is 6.54 Å². The van der Waals surface area contributed by atoms with E-state index < -0.39 is 0 Å². The first-order chi connectivity index (χ1) is 18.5. The van der Waals surface area contributed by atoms with Crippen molar-refractivity contribution in [3.05, 3.63) is 77.9 Å². The van der Waals surface area contributed by atoms with Crippen molar-refractivity contribution in [2.75, 3.05) is 63.8 Å². The van der Waals surface area contributed by atoms with Gasteiger partial charge >= 0.3 is 0 Å². The van der Waals surface area contributed by atoms with Gasteiger partial charge in [0.2, 0.25) is 5.91 Å². The number of nitrogens with zero attached hydrogens (tertiary/aromatic N) is 6. The quantitative estimate of drug-likeness (QED) is 0.412. The van der Waals surface area contributed by atoms with Gasteiger partial charge in [-0.05, 0) is 44.3 Å². The van der Waals surface area contributed by atoms with Crippen LogP contribution in [0.3, 0.4) is 0 Å². The smallest absolute Gasteiger partial charge is 0.254 e. The second-order valence-corrected chi connectivity index (χ2v) is 9.63. The maximum absolute atomic E-state index is 13.3. The van der Waals surface area contributed by atoms with E-state index in [-0.39, 0.29) is 18.4 Å². The van der Waals surface area contributed by atoms with E-state index in [0.717, 1.165) is 42.3 Å². The minimum absolute atomic E-state index is 0.0184. The second-order valence-electron chi connectivity index (χ2n) is 9.63. The van der Waals surface area contributed by atoms with Crippen LogP contribution in [0.2, 0.25) is 0 Å². The summed E-state index contributed by atoms with van der Waals surface area (Å²) in [5.74, 6) is 0.695. The zero-order valence-electron chi connectivity index (χ0n) is 22.7. The van der Waals surface area contributed by atoms with Gasteiger partial charge in [-0.2, -0.15) is 0 Å². The van der Waals surface area contributed by atoms with Crippen LogP contribution < -0.4 is 4.90 Å². The molecule has 0 N–H and O–H groups in total. The average molecular weight is 515 g/mol. The highest BCUT2D eigenvalue weighted by Gasteiger charge is 2.26. The number of benzene rings is 2. The maximum atomic E-state index is 13.3. The molecule has 0 radical (unpaired) electrons. The summed E-state index contributed by atoms with van der Waals surface area (Å²) in [6.07, 6.45) is 0. The summed E-state index contributed by atoms with van der Waals surface area (Å²) in [7, 11) is 0. The molecule has 0 unspecified atom stereocenters. The van der Waals surface area contributed by atoms with E-state index in [1.807, 2.05) is 78.6 Å². The molecule has 38 heavy (non-hydrogen) atoms. The summed E-state index contributed by atoms with van der Waals surface area (Å²) >= 11 is 0. The van der Waals surface area contributed by atoms with Gasteiger partial charge in [0, 0.05) is 50.4 Å². The Morgan fingerprint density at radius 2 is 1.50 bits per heavy atom. The summed E-state index contributed by atoms with van der Waals surface area (Å²) in [5, 5.41) is 8.83. The van der Waals surface area contributed by atoms with Crippen LogP contribution in [0.5, 0.6) is 0 Å². The molecule has 4 rings (SSSR count). The molecule has 8 nitrogen and oxygen atoms in total. The predicted molar refractivity (Wildman–Crippen MR) is 151 cm³/mol. The number of aromatic nitrogens is 2. The molecule has 0 aliphatic carbocycles. The van der Waals surface area contributed by atoms with Crippen molar-refractivity contribution in [2.45, 2.75) is 20.8 Å². The molecule has 1 fully saturated rings. The van der Waals surface area contributed by atoms with Gasteiger partial charge in [0.05, 0.1) is 5.69 Å². The lowest BCUT2D eigenvalue weighted by Crippen LogP contribution is -2.52. The van der Waals surface area contributed by atoms with E-state index in [1.54, 1.807) is 4.90 Å². The first-order valence-corrected chi connectivity index (χ1v) is 13.5. The highest BCUT2D eigenvalue weighted by molar-refractivity contribution is 5.96. The molecule has 3 aromatic rings. The van der Waals surface area contributed by atoms with Crippen molar-refractivity contribution in [3.63, 3.8) is 0 Å². The molecular weight excluding hydrogens is 476 g/mol. The lowest BCUT2D eigenvalue weighted by molar-refractivity contribution is -0.132. The fourth-order valence-corrected chi connectivity index (χ4v) is 4.64. The number of rotatable bonds is 10. The number of hydrogen-bond acceptors (Lipinski definition) is 6. The molecule has 0 bridgehead atoms. The molecule has 0 atom stereocenters. The van der Waals surface area contributed by atoms with Crippen molar-refractivity contribution in [1.29, 1.82) is 0 Å². The highest BCUT2D eigenvalue weighted by atomic mass is 16.2. The fraction of sp³-hybridized carbons (Fsp3) is 0.400. The fourth-order valence-electron chi connectivity index (χ4n) is 4.64. The standard InChI is InChI=1S/C30H38N6O2/c1-4-33(5-2)17-18-36(30(38)26-13-11-24(3)12-14-26)23-29(37)35-21-19-34(20-22-35)28-16-15-27(31-32-28)25-9-7-6-8-10-25/h6-16H,4-5,17-23H2,1-3H3. The number of hydrogen-bond donors (Lipinski definition) is 0. The number of anilines is 1. The van der Waals surface area contributed by atoms with Gasteiger partial charge in [-0.1, -0.05) is 61.9 Å². The van der Waals surface area contributed by atoms with Crippen molar-refractivity contribution in [2.24, 2.45) is 0 Å². The number of carbonyl (C=O) groups is 2. The number of aryl methyl sites for hydroxylation is 1. The topological polar surface area (TPSA) is 72.9 Å². The molecule has 0 spiro atoms. The van der Waals surface area contributed by atoms with Crippen LogP contribution in [0.1, 0.15) is 29.8 Å². The van der Waals surface area contributed by atoms with Gasteiger partial charge in [-0.25, -0.2) is 0 Å². The summed E-state index contributed by atoms with van der Waals surface area (Å²) in [4.78, 5) is 34.6. The van der Waals surface area contributed by atoms with Crippen LogP contribution in [0.25, 0.3) is 11.3 Å². The third-order valence-corrected chi connectivity index (χ3v) is 7.17. The number of carbonyl (C=O) groups excluding carboxylic acids is 2.